The molecular weight excluding hydrogens is 479 g/mol. The van der Waals surface area contributed by atoms with Gasteiger partial charge in [-0.05, 0) is 39.0 Å². The van der Waals surface area contributed by atoms with Gasteiger partial charge in [-0.3, -0.25) is 9.36 Å². The molecule has 6 nitrogen and oxygen atoms in total. The Bertz CT molecular complexity index is 1530. The zero-order valence-electron chi connectivity index (χ0n) is 18.6. The number of halogens is 1. The van der Waals surface area contributed by atoms with Crippen molar-refractivity contribution >= 4 is 51.2 Å². The van der Waals surface area contributed by atoms with Crippen molar-refractivity contribution in [3.05, 3.63) is 77.2 Å². The van der Waals surface area contributed by atoms with E-state index in [-0.39, 0.29) is 11.4 Å². The van der Waals surface area contributed by atoms with E-state index in [2.05, 4.69) is 15.8 Å². The number of nitrogens with zero attached hydrogens (tertiary/aromatic N) is 4. The molecule has 4 aromatic rings. The van der Waals surface area contributed by atoms with Crippen molar-refractivity contribution in [3.8, 4) is 0 Å². The molecule has 5 rings (SSSR count). The first-order valence-electron chi connectivity index (χ1n) is 10.4. The van der Waals surface area contributed by atoms with Gasteiger partial charge in [0.15, 0.2) is 12.7 Å². The van der Waals surface area contributed by atoms with Gasteiger partial charge in [0.25, 0.3) is 10.6 Å². The Morgan fingerprint density at radius 2 is 2.12 bits per heavy atom. The molecule has 33 heavy (non-hydrogen) atoms. The maximum atomic E-state index is 13.7. The molecule has 0 radical (unpaired) electrons. The Morgan fingerprint density at radius 1 is 1.30 bits per heavy atom. The zero-order chi connectivity index (χ0) is 23.3. The predicted octanol–water partition coefficient (Wildman–Crippen LogP) is 3.21. The van der Waals surface area contributed by atoms with Gasteiger partial charge in [-0.1, -0.05) is 28.3 Å². The van der Waals surface area contributed by atoms with E-state index in [1.54, 1.807) is 22.0 Å². The molecule has 0 fully saturated rings. The van der Waals surface area contributed by atoms with Crippen LogP contribution in [0.25, 0.3) is 11.1 Å². The standard InChI is InChI=1S/C23H22FN4O2S3/c1-5-28-20(11-19-27(8-9-31-19)12-16-13(2)25-30-14(16)3)33-21(22(28)29)23-26(4)17-7-6-15(24)10-18(17)32-23/h6-11H,5,12H2,1-4H3/q+1/b23-21+. The highest BCUT2D eigenvalue weighted by molar-refractivity contribution is 8.08. The van der Waals surface area contributed by atoms with Crippen LogP contribution in [0.5, 0.6) is 0 Å². The monoisotopic (exact) mass is 501 g/mol. The normalized spacial score (nSPS) is 15.5. The molecule has 0 atom stereocenters. The highest BCUT2D eigenvalue weighted by Crippen LogP contribution is 2.45. The van der Waals surface area contributed by atoms with Crippen LogP contribution in [0.4, 0.5) is 10.1 Å². The van der Waals surface area contributed by atoms with E-state index in [1.807, 2.05) is 44.3 Å². The number of benzene rings is 1. The predicted molar refractivity (Wildman–Crippen MR) is 131 cm³/mol. The van der Waals surface area contributed by atoms with Crippen molar-refractivity contribution in [2.75, 3.05) is 11.9 Å². The maximum Gasteiger partial charge on any atom is 0.271 e. The average molecular weight is 502 g/mol. The third-order valence-electron chi connectivity index (χ3n) is 5.69. The molecule has 0 saturated carbocycles. The van der Waals surface area contributed by atoms with E-state index >= 15 is 0 Å². The number of fused-ring (bicyclic) bond motifs is 1. The van der Waals surface area contributed by atoms with E-state index in [1.165, 1.54) is 35.2 Å². The van der Waals surface area contributed by atoms with Crippen LogP contribution in [0, 0.1) is 19.7 Å². The summed E-state index contributed by atoms with van der Waals surface area (Å²) in [6.07, 6.45) is 4.10. The summed E-state index contributed by atoms with van der Waals surface area (Å²) in [6, 6.07) is 4.73. The summed E-state index contributed by atoms with van der Waals surface area (Å²) in [4.78, 5) is 16.1. The van der Waals surface area contributed by atoms with Crippen molar-refractivity contribution in [3.63, 3.8) is 0 Å². The van der Waals surface area contributed by atoms with Gasteiger partial charge in [0.1, 0.15) is 25.8 Å². The number of rotatable bonds is 4. The molecule has 0 saturated heterocycles. The first-order chi connectivity index (χ1) is 15.9. The summed E-state index contributed by atoms with van der Waals surface area (Å²) in [5.41, 5.74) is 2.84. The molecule has 3 aromatic heterocycles. The number of aryl methyl sites for hydroxylation is 2. The van der Waals surface area contributed by atoms with Gasteiger partial charge in [0.05, 0.1) is 28.4 Å². The summed E-state index contributed by atoms with van der Waals surface area (Å²) in [5, 5.41) is 7.96. The summed E-state index contributed by atoms with van der Waals surface area (Å²) >= 11 is 4.53. The van der Waals surface area contributed by atoms with Crippen molar-refractivity contribution in [1.82, 2.24) is 9.72 Å². The van der Waals surface area contributed by atoms with E-state index in [0.29, 0.717) is 17.6 Å². The van der Waals surface area contributed by atoms with E-state index in [4.69, 9.17) is 4.52 Å². The Kier molecular flexibility index (Phi) is 5.75. The SMILES string of the molecule is CCn1c(=O)/c(=C2\Sc3cc(F)ccc3N2C)s/c1=C\c1scc[n+]1Cc1c(C)noc1C. The van der Waals surface area contributed by atoms with Crippen LogP contribution in [-0.2, 0) is 13.1 Å². The summed E-state index contributed by atoms with van der Waals surface area (Å²) < 4.78 is 24.5. The molecule has 1 aliphatic heterocycles. The lowest BCUT2D eigenvalue weighted by Gasteiger charge is -2.12. The molecule has 0 N–H and O–H groups in total. The van der Waals surface area contributed by atoms with Crippen LogP contribution in [0.2, 0.25) is 0 Å². The first kappa shape index (κ1) is 22.1. The third kappa shape index (κ3) is 3.85. The maximum absolute atomic E-state index is 13.7. The van der Waals surface area contributed by atoms with Gasteiger partial charge >= 0.3 is 0 Å². The van der Waals surface area contributed by atoms with E-state index in [9.17, 15) is 9.18 Å². The van der Waals surface area contributed by atoms with Crippen molar-refractivity contribution in [2.45, 2.75) is 38.8 Å². The molecule has 170 valence electrons. The summed E-state index contributed by atoms with van der Waals surface area (Å²) in [5.74, 6) is 0.539. The Balaban J connectivity index is 1.62. The number of aromatic nitrogens is 3. The lowest BCUT2D eigenvalue weighted by molar-refractivity contribution is -0.685. The van der Waals surface area contributed by atoms with Crippen molar-refractivity contribution in [1.29, 1.82) is 0 Å². The first-order valence-corrected chi connectivity index (χ1v) is 12.9. The lowest BCUT2D eigenvalue weighted by atomic mass is 10.2. The van der Waals surface area contributed by atoms with Crippen LogP contribution >= 0.6 is 34.4 Å². The van der Waals surface area contributed by atoms with Crippen LogP contribution < -0.4 is 24.2 Å². The smallest absolute Gasteiger partial charge is 0.271 e. The van der Waals surface area contributed by atoms with Crippen LogP contribution in [0.1, 0.15) is 28.9 Å². The second-order valence-electron chi connectivity index (χ2n) is 7.71. The van der Waals surface area contributed by atoms with Gasteiger partial charge in [-0.15, -0.1) is 11.3 Å². The fourth-order valence-corrected chi connectivity index (χ4v) is 7.20. The minimum atomic E-state index is -0.275. The molecule has 0 bridgehead atoms. The minimum absolute atomic E-state index is 0.0230. The zero-order valence-corrected chi connectivity index (χ0v) is 21.0. The topological polar surface area (TPSA) is 55.2 Å². The van der Waals surface area contributed by atoms with E-state index < -0.39 is 0 Å². The number of hydrogen-bond donors (Lipinski definition) is 0. The molecule has 1 aromatic carbocycles. The minimum Gasteiger partial charge on any atom is -0.361 e. The molecule has 0 spiro atoms. The molecule has 0 unspecified atom stereocenters. The molecular formula is C23H22FN4O2S3+. The number of anilines is 1. The van der Waals surface area contributed by atoms with Crippen LogP contribution in [-0.4, -0.2) is 16.8 Å². The molecule has 10 heteroatoms. The molecule has 0 amide bonds. The number of hydrogen-bond acceptors (Lipinski definition) is 7. The Morgan fingerprint density at radius 3 is 2.85 bits per heavy atom. The second kappa shape index (κ2) is 8.58. The average Bonchev–Trinajstić information content (AvgIpc) is 3.52. The number of thioether (sulfide) groups is 1. The Hall–Kier alpha value is -2.69. The van der Waals surface area contributed by atoms with Crippen molar-refractivity contribution < 1.29 is 13.5 Å². The van der Waals surface area contributed by atoms with E-state index in [0.717, 1.165) is 42.3 Å². The van der Waals surface area contributed by atoms with Crippen molar-refractivity contribution in [2.24, 2.45) is 0 Å². The summed E-state index contributed by atoms with van der Waals surface area (Å²) in [7, 11) is 1.92. The van der Waals surface area contributed by atoms with Gasteiger partial charge in [0.2, 0.25) is 0 Å². The quantitative estimate of drug-likeness (QED) is 0.402. The summed E-state index contributed by atoms with van der Waals surface area (Å²) in [6.45, 7) is 7.06. The third-order valence-corrected chi connectivity index (χ3v) is 9.00. The van der Waals surface area contributed by atoms with Gasteiger partial charge in [0, 0.05) is 18.5 Å². The van der Waals surface area contributed by atoms with Crippen LogP contribution in [0.15, 0.2) is 44.0 Å². The highest BCUT2D eigenvalue weighted by atomic mass is 32.2. The van der Waals surface area contributed by atoms with Gasteiger partial charge in [-0.2, -0.15) is 4.57 Å². The molecule has 1 aliphatic rings. The van der Waals surface area contributed by atoms with Gasteiger partial charge < -0.3 is 9.42 Å². The van der Waals surface area contributed by atoms with Crippen LogP contribution in [0.3, 0.4) is 0 Å². The lowest BCUT2D eigenvalue weighted by Crippen LogP contribution is -2.36. The molecule has 4 heterocycles. The van der Waals surface area contributed by atoms with Gasteiger partial charge in [-0.25, -0.2) is 4.39 Å². The number of thiazole rings is 2. The molecule has 0 aliphatic carbocycles. The largest absolute Gasteiger partial charge is 0.361 e. The fraction of sp³-hybridized carbons (Fsp3) is 0.261. The highest BCUT2D eigenvalue weighted by Gasteiger charge is 2.25. The second-order valence-corrected chi connectivity index (χ2v) is 10.7. The fourth-order valence-electron chi connectivity index (χ4n) is 3.86. The Labute approximate surface area is 201 Å².